The molecule has 0 radical (unpaired) electrons. The topological polar surface area (TPSA) is 55.8 Å². The highest BCUT2D eigenvalue weighted by molar-refractivity contribution is 5.97. The molecule has 5 aliphatic rings. The van der Waals surface area contributed by atoms with Crippen LogP contribution in [0, 0.1) is 17.8 Å². The molecule has 1 aromatic rings. The average molecular weight is 341 g/mol. The summed E-state index contributed by atoms with van der Waals surface area (Å²) in [5.41, 5.74) is 0.337. The Morgan fingerprint density at radius 3 is 2.52 bits per heavy atom. The Balaban J connectivity index is 1.49. The second-order valence-electron chi connectivity index (χ2n) is 8.22. The van der Waals surface area contributed by atoms with E-state index in [9.17, 15) is 9.59 Å². The van der Waals surface area contributed by atoms with Gasteiger partial charge in [0, 0.05) is 7.11 Å². The Morgan fingerprint density at radius 2 is 1.88 bits per heavy atom. The number of hydrogen-bond acceptors (Lipinski definition) is 4. The van der Waals surface area contributed by atoms with Gasteiger partial charge in [0.05, 0.1) is 6.04 Å². The molecule has 4 bridgehead atoms. The molecule has 0 aromatic heterocycles. The summed E-state index contributed by atoms with van der Waals surface area (Å²) in [6.07, 6.45) is 4.11. The van der Waals surface area contributed by atoms with E-state index in [1.54, 1.807) is 0 Å². The summed E-state index contributed by atoms with van der Waals surface area (Å²) in [6.45, 7) is 0. The van der Waals surface area contributed by atoms with Gasteiger partial charge in [-0.3, -0.25) is 4.79 Å². The van der Waals surface area contributed by atoms with Crippen LogP contribution in [0.2, 0.25) is 0 Å². The SMILES string of the molecule is CO[C@@H](C(=O)N1C(=O)OC23C[C@@H]4CC(C[C@@H](C4)C2)[C@H]13)c1ccccc1. The molecular weight excluding hydrogens is 318 g/mol. The van der Waals surface area contributed by atoms with Crippen LogP contribution in [0.25, 0.3) is 0 Å². The van der Waals surface area contributed by atoms with Crippen LogP contribution in [0.1, 0.15) is 43.8 Å². The Morgan fingerprint density at radius 1 is 1.20 bits per heavy atom. The van der Waals surface area contributed by atoms with Crippen molar-refractivity contribution in [1.29, 1.82) is 0 Å². The molecule has 5 fully saturated rings. The lowest BCUT2D eigenvalue weighted by molar-refractivity contribution is -0.152. The molecule has 1 aromatic carbocycles. The fourth-order valence-corrected chi connectivity index (χ4v) is 6.23. The second-order valence-corrected chi connectivity index (χ2v) is 8.22. The van der Waals surface area contributed by atoms with Gasteiger partial charge in [0.15, 0.2) is 6.10 Å². The van der Waals surface area contributed by atoms with Gasteiger partial charge in [0.2, 0.25) is 0 Å². The largest absolute Gasteiger partial charge is 0.440 e. The summed E-state index contributed by atoms with van der Waals surface area (Å²) in [6, 6.07) is 9.27. The lowest BCUT2D eigenvalue weighted by Gasteiger charge is -2.57. The molecular formula is C20H23NO4. The van der Waals surface area contributed by atoms with Gasteiger partial charge < -0.3 is 9.47 Å². The molecule has 2 amide bonds. The van der Waals surface area contributed by atoms with Crippen molar-refractivity contribution in [2.75, 3.05) is 7.11 Å². The van der Waals surface area contributed by atoms with Crippen molar-refractivity contribution in [3.8, 4) is 0 Å². The van der Waals surface area contributed by atoms with Gasteiger partial charge in [-0.1, -0.05) is 30.3 Å². The first-order valence-electron chi connectivity index (χ1n) is 9.25. The highest BCUT2D eigenvalue weighted by atomic mass is 16.6. The maximum Gasteiger partial charge on any atom is 0.417 e. The van der Waals surface area contributed by atoms with E-state index < -0.39 is 17.8 Å². The third kappa shape index (κ3) is 2.11. The molecule has 5 heteroatoms. The number of carbonyl (C=O) groups is 2. The van der Waals surface area contributed by atoms with Crippen LogP contribution >= 0.6 is 0 Å². The molecule has 1 spiro atoms. The Labute approximate surface area is 147 Å². The first kappa shape index (κ1) is 15.4. The minimum atomic E-state index is -0.763. The fourth-order valence-electron chi connectivity index (χ4n) is 6.23. The summed E-state index contributed by atoms with van der Waals surface area (Å²) in [7, 11) is 1.52. The van der Waals surface area contributed by atoms with Crippen LogP contribution in [-0.2, 0) is 14.3 Å². The van der Waals surface area contributed by atoms with Gasteiger partial charge in [0.25, 0.3) is 5.91 Å². The molecule has 0 N–H and O–H groups in total. The number of rotatable bonds is 3. The van der Waals surface area contributed by atoms with Crippen LogP contribution in [0.4, 0.5) is 4.79 Å². The molecule has 6 rings (SSSR count). The van der Waals surface area contributed by atoms with Gasteiger partial charge >= 0.3 is 6.09 Å². The molecule has 6 atom stereocenters. The molecule has 2 unspecified atom stereocenters. The van der Waals surface area contributed by atoms with Crippen LogP contribution in [0.3, 0.4) is 0 Å². The van der Waals surface area contributed by atoms with Gasteiger partial charge in [-0.2, -0.15) is 0 Å². The fraction of sp³-hybridized carbons (Fsp3) is 0.600. The zero-order valence-corrected chi connectivity index (χ0v) is 14.4. The molecule has 132 valence electrons. The van der Waals surface area contributed by atoms with Crippen molar-refractivity contribution in [3.05, 3.63) is 35.9 Å². The summed E-state index contributed by atoms with van der Waals surface area (Å²) < 4.78 is 11.4. The number of ether oxygens (including phenoxy) is 2. The number of methoxy groups -OCH3 is 1. The zero-order chi connectivity index (χ0) is 17.2. The van der Waals surface area contributed by atoms with E-state index in [1.165, 1.54) is 18.4 Å². The number of nitrogens with zero attached hydrogens (tertiary/aromatic N) is 1. The average Bonchev–Trinajstić information content (AvgIpc) is 2.87. The maximum absolute atomic E-state index is 13.3. The molecule has 25 heavy (non-hydrogen) atoms. The zero-order valence-electron chi connectivity index (χ0n) is 14.4. The monoisotopic (exact) mass is 341 g/mol. The standard InChI is InChI=1S/C20H23NO4/c1-24-16(14-5-3-2-4-6-14)18(22)21-17-15-8-12-7-13(9-15)11-20(17,10-12)25-19(21)23/h2-6,12-13,15-17H,7-11H2,1H3/t12-,13+,15?,16-,17+,20?/m1/s1. The van der Waals surface area contributed by atoms with E-state index in [-0.39, 0.29) is 11.9 Å². The van der Waals surface area contributed by atoms with Crippen molar-refractivity contribution in [2.24, 2.45) is 17.8 Å². The number of amides is 2. The minimum Gasteiger partial charge on any atom is -0.440 e. The van der Waals surface area contributed by atoms with Gasteiger partial charge in [0.1, 0.15) is 5.60 Å². The van der Waals surface area contributed by atoms with E-state index in [0.29, 0.717) is 17.8 Å². The first-order chi connectivity index (χ1) is 12.1. The molecule has 1 aliphatic heterocycles. The number of benzene rings is 1. The van der Waals surface area contributed by atoms with Gasteiger partial charge in [-0.05, 0) is 55.4 Å². The predicted molar refractivity (Wildman–Crippen MR) is 89.6 cm³/mol. The van der Waals surface area contributed by atoms with Gasteiger partial charge in [-0.15, -0.1) is 0 Å². The third-order valence-corrected chi connectivity index (χ3v) is 6.76. The normalized spacial score (nSPS) is 39.2. The lowest BCUT2D eigenvalue weighted by atomic mass is 9.52. The summed E-state index contributed by atoms with van der Waals surface area (Å²) in [4.78, 5) is 27.4. The Hall–Kier alpha value is -1.88. The van der Waals surface area contributed by atoms with E-state index in [0.717, 1.165) is 31.2 Å². The Kier molecular flexibility index (Phi) is 3.26. The van der Waals surface area contributed by atoms with Gasteiger partial charge in [-0.25, -0.2) is 9.69 Å². The van der Waals surface area contributed by atoms with Crippen molar-refractivity contribution in [1.82, 2.24) is 4.90 Å². The molecule has 1 saturated heterocycles. The van der Waals surface area contributed by atoms with Crippen molar-refractivity contribution in [2.45, 2.75) is 49.9 Å². The quantitative estimate of drug-likeness (QED) is 0.846. The van der Waals surface area contributed by atoms with Crippen LogP contribution in [0.5, 0.6) is 0 Å². The third-order valence-electron chi connectivity index (χ3n) is 6.76. The maximum atomic E-state index is 13.3. The van der Waals surface area contributed by atoms with Crippen molar-refractivity contribution in [3.63, 3.8) is 0 Å². The molecule has 1 heterocycles. The molecule has 4 aliphatic carbocycles. The van der Waals surface area contributed by atoms with Crippen LogP contribution in [-0.4, -0.2) is 35.7 Å². The highest BCUT2D eigenvalue weighted by Crippen LogP contribution is 2.61. The van der Waals surface area contributed by atoms with Crippen molar-refractivity contribution < 1.29 is 19.1 Å². The second kappa shape index (κ2) is 5.31. The molecule has 4 saturated carbocycles. The summed E-state index contributed by atoms with van der Waals surface area (Å²) in [5.74, 6) is 1.41. The highest BCUT2D eigenvalue weighted by Gasteiger charge is 2.67. The number of imide groups is 1. The minimum absolute atomic E-state index is 0.110. The lowest BCUT2D eigenvalue weighted by Crippen LogP contribution is -2.63. The van der Waals surface area contributed by atoms with E-state index in [2.05, 4.69) is 0 Å². The van der Waals surface area contributed by atoms with Crippen molar-refractivity contribution >= 4 is 12.0 Å². The summed E-state index contributed by atoms with van der Waals surface area (Å²) in [5, 5.41) is 0. The number of carbonyl (C=O) groups excluding carboxylic acids is 2. The number of hydrogen-bond donors (Lipinski definition) is 0. The predicted octanol–water partition coefficient (Wildman–Crippen LogP) is 3.30. The van der Waals surface area contributed by atoms with Crippen LogP contribution in [0.15, 0.2) is 30.3 Å². The summed E-state index contributed by atoms with van der Waals surface area (Å²) >= 11 is 0. The smallest absolute Gasteiger partial charge is 0.417 e. The van der Waals surface area contributed by atoms with E-state index >= 15 is 0 Å². The van der Waals surface area contributed by atoms with E-state index in [4.69, 9.17) is 9.47 Å². The Bertz CT molecular complexity index is 704. The van der Waals surface area contributed by atoms with E-state index in [1.807, 2.05) is 30.3 Å². The molecule has 5 nitrogen and oxygen atoms in total. The van der Waals surface area contributed by atoms with Crippen LogP contribution < -0.4 is 0 Å². The first-order valence-corrected chi connectivity index (χ1v) is 9.25.